The number of aliphatic hydroxyl groups is 2. The van der Waals surface area contributed by atoms with Crippen molar-refractivity contribution in [3.05, 3.63) is 0 Å². The quantitative estimate of drug-likeness (QED) is 0.376. The molecule has 97 valence electrons. The zero-order valence-corrected chi connectivity index (χ0v) is 11.3. The van der Waals surface area contributed by atoms with E-state index in [2.05, 4.69) is 4.65 Å². The molecule has 0 fully saturated rings. The highest BCUT2D eigenvalue weighted by molar-refractivity contribution is 6.17. The Morgan fingerprint density at radius 3 is 1.75 bits per heavy atom. The lowest BCUT2D eigenvalue weighted by Crippen LogP contribution is -2.44. The van der Waals surface area contributed by atoms with Gasteiger partial charge in [-0.05, 0) is 40.5 Å². The predicted octanol–water partition coefficient (Wildman–Crippen LogP) is 1.08. The van der Waals surface area contributed by atoms with Crippen molar-refractivity contribution in [3.8, 4) is 0 Å². The van der Waals surface area contributed by atoms with Crippen LogP contribution in [-0.4, -0.2) is 46.6 Å². The highest BCUT2D eigenvalue weighted by Crippen LogP contribution is 2.19. The van der Waals surface area contributed by atoms with E-state index >= 15 is 0 Å². The molecule has 0 saturated carbocycles. The van der Waals surface area contributed by atoms with Gasteiger partial charge in [-0.15, -0.1) is 11.6 Å². The molecule has 0 aliphatic carbocycles. The van der Waals surface area contributed by atoms with Crippen LogP contribution in [0.5, 0.6) is 0 Å². The summed E-state index contributed by atoms with van der Waals surface area (Å²) in [6.45, 7) is 6.86. The molecule has 0 aromatic rings. The summed E-state index contributed by atoms with van der Waals surface area (Å²) in [5, 5.41) is 26.2. The van der Waals surface area contributed by atoms with E-state index in [4.69, 9.17) is 26.8 Å². The average Bonchev–Trinajstić information content (AvgIpc) is 2.10. The summed E-state index contributed by atoms with van der Waals surface area (Å²) < 4.78 is 4.51. The van der Waals surface area contributed by atoms with Gasteiger partial charge in [-0.25, -0.2) is 0 Å². The van der Waals surface area contributed by atoms with Crippen LogP contribution in [0.3, 0.4) is 0 Å². The number of hydrogen-bond acceptors (Lipinski definition) is 4. The second-order valence-electron chi connectivity index (χ2n) is 4.49. The molecule has 0 atom stereocenters. The number of unbranched alkanes of at least 4 members (excludes halogenated alkanes) is 1. The van der Waals surface area contributed by atoms with E-state index in [0.717, 1.165) is 12.8 Å². The lowest BCUT2D eigenvalue weighted by atomic mass is 9.90. The minimum absolute atomic E-state index is 0.559. The van der Waals surface area contributed by atoms with Crippen molar-refractivity contribution in [2.75, 3.05) is 12.5 Å². The number of hydrogen-bond donors (Lipinski definition) is 3. The molecule has 0 aliphatic heterocycles. The minimum Gasteiger partial charge on any atom is -0.429 e. The summed E-state index contributed by atoms with van der Waals surface area (Å²) in [7, 11) is 0.703. The summed E-state index contributed by atoms with van der Waals surface area (Å²) >= 11 is 5.35. The van der Waals surface area contributed by atoms with Crippen molar-refractivity contribution in [1.29, 1.82) is 0 Å². The smallest absolute Gasteiger partial charge is 0.429 e. The van der Waals surface area contributed by atoms with Gasteiger partial charge in [-0.2, -0.15) is 0 Å². The molecule has 0 rings (SSSR count). The van der Waals surface area contributed by atoms with Crippen LogP contribution in [-0.2, 0) is 4.65 Å². The van der Waals surface area contributed by atoms with Crippen LogP contribution in [0.4, 0.5) is 0 Å². The van der Waals surface area contributed by atoms with Gasteiger partial charge in [-0.1, -0.05) is 0 Å². The molecule has 6 heteroatoms. The first kappa shape index (κ1) is 18.6. The lowest BCUT2D eigenvalue weighted by Gasteiger charge is -2.31. The highest BCUT2D eigenvalue weighted by Gasteiger charge is 2.31. The maximum Gasteiger partial charge on any atom is 0.485 e. The third-order valence-corrected chi connectivity index (χ3v) is 2.48. The van der Waals surface area contributed by atoms with Crippen LogP contribution < -0.4 is 0 Å². The molecule has 0 amide bonds. The number of halogens is 1. The van der Waals surface area contributed by atoms with E-state index < -0.39 is 11.2 Å². The molecule has 16 heavy (non-hydrogen) atoms. The van der Waals surface area contributed by atoms with Crippen LogP contribution in [0.1, 0.15) is 40.5 Å². The fourth-order valence-corrected chi connectivity index (χ4v) is 0.522. The Hall–Kier alpha value is 0.195. The van der Waals surface area contributed by atoms with Crippen molar-refractivity contribution in [2.24, 2.45) is 0 Å². The molecular weight excluding hydrogens is 230 g/mol. The monoisotopic (exact) mass is 253 g/mol. The molecule has 0 saturated heterocycles. The first-order valence-corrected chi connectivity index (χ1v) is 5.78. The van der Waals surface area contributed by atoms with Gasteiger partial charge in [0, 0.05) is 12.5 Å². The Morgan fingerprint density at radius 2 is 1.50 bits per heavy atom. The van der Waals surface area contributed by atoms with E-state index in [9.17, 15) is 0 Å². The van der Waals surface area contributed by atoms with E-state index in [-0.39, 0.29) is 0 Å². The Kier molecular flexibility index (Phi) is 10.7. The zero-order chi connectivity index (χ0) is 13.2. The minimum atomic E-state index is -1.01. The predicted molar refractivity (Wildman–Crippen MR) is 66.5 cm³/mol. The molecular formula is C10H23BClO4. The van der Waals surface area contributed by atoms with Crippen LogP contribution in [0, 0.1) is 0 Å². The molecule has 0 aromatic carbocycles. The van der Waals surface area contributed by atoms with Crippen molar-refractivity contribution in [2.45, 2.75) is 51.7 Å². The molecule has 1 radical (unpaired) electrons. The second-order valence-corrected chi connectivity index (χ2v) is 4.87. The SMILES string of the molecule is CC(C)(O)C(C)(C)O.O[B]OCCCCCl. The molecule has 0 aliphatic rings. The van der Waals surface area contributed by atoms with Gasteiger partial charge in [0.1, 0.15) is 0 Å². The van der Waals surface area contributed by atoms with E-state index in [1.165, 1.54) is 0 Å². The molecule has 3 N–H and O–H groups in total. The van der Waals surface area contributed by atoms with Gasteiger partial charge >= 0.3 is 7.69 Å². The molecule has 0 spiro atoms. The summed E-state index contributed by atoms with van der Waals surface area (Å²) in [6, 6.07) is 0. The molecule has 0 heterocycles. The third kappa shape index (κ3) is 12.3. The van der Waals surface area contributed by atoms with Crippen LogP contribution >= 0.6 is 11.6 Å². The Balaban J connectivity index is 0. The van der Waals surface area contributed by atoms with Gasteiger partial charge in [0.05, 0.1) is 11.2 Å². The topological polar surface area (TPSA) is 69.9 Å². The zero-order valence-electron chi connectivity index (χ0n) is 10.5. The molecule has 0 aromatic heterocycles. The van der Waals surface area contributed by atoms with Crippen molar-refractivity contribution >= 4 is 19.3 Å². The fraction of sp³-hybridized carbons (Fsp3) is 1.00. The van der Waals surface area contributed by atoms with Gasteiger partial charge in [-0.3, -0.25) is 0 Å². The van der Waals surface area contributed by atoms with Gasteiger partial charge < -0.3 is 19.9 Å². The maximum absolute atomic E-state index is 9.10. The summed E-state index contributed by atoms with van der Waals surface area (Å²) in [5.41, 5.74) is -2.01. The van der Waals surface area contributed by atoms with Crippen molar-refractivity contribution in [3.63, 3.8) is 0 Å². The summed E-state index contributed by atoms with van der Waals surface area (Å²) in [4.78, 5) is 0. The lowest BCUT2D eigenvalue weighted by molar-refractivity contribution is -0.107. The molecule has 4 nitrogen and oxygen atoms in total. The van der Waals surface area contributed by atoms with Gasteiger partial charge in [0.15, 0.2) is 0 Å². The molecule has 0 unspecified atom stereocenters. The Bertz CT molecular complexity index is 136. The Labute approximate surface area is 104 Å². The molecule has 0 bridgehead atoms. The normalized spacial score (nSPS) is 11.8. The van der Waals surface area contributed by atoms with Crippen molar-refractivity contribution < 1.29 is 19.9 Å². The Morgan fingerprint density at radius 1 is 1.06 bits per heavy atom. The van der Waals surface area contributed by atoms with Crippen LogP contribution in [0.25, 0.3) is 0 Å². The van der Waals surface area contributed by atoms with Crippen LogP contribution in [0.2, 0.25) is 0 Å². The van der Waals surface area contributed by atoms with Gasteiger partial charge in [0.25, 0.3) is 0 Å². The first-order chi connectivity index (χ1) is 7.16. The van der Waals surface area contributed by atoms with E-state index in [0.29, 0.717) is 20.2 Å². The third-order valence-electron chi connectivity index (χ3n) is 2.22. The maximum atomic E-state index is 9.10. The second kappa shape index (κ2) is 9.25. The largest absolute Gasteiger partial charge is 0.485 e. The summed E-state index contributed by atoms with van der Waals surface area (Å²) in [6.07, 6.45) is 1.84. The fourth-order valence-electron chi connectivity index (χ4n) is 0.333. The van der Waals surface area contributed by atoms with Crippen molar-refractivity contribution in [1.82, 2.24) is 0 Å². The number of alkyl halides is 1. The van der Waals surface area contributed by atoms with E-state index in [1.807, 2.05) is 0 Å². The highest BCUT2D eigenvalue weighted by atomic mass is 35.5. The van der Waals surface area contributed by atoms with Crippen LogP contribution in [0.15, 0.2) is 0 Å². The standard InChI is InChI=1S/C6H14O2.C4H9BClO2/c1-5(2,7)6(3,4)8;6-3-1-2-4-8-5-7/h7-8H,1-4H3;7H,1-4H2. The van der Waals surface area contributed by atoms with E-state index in [1.54, 1.807) is 27.7 Å². The summed E-state index contributed by atoms with van der Waals surface area (Å²) in [5.74, 6) is 0.661. The average molecular weight is 254 g/mol. The first-order valence-electron chi connectivity index (χ1n) is 5.25. The number of rotatable bonds is 6. The van der Waals surface area contributed by atoms with Gasteiger partial charge in [0.2, 0.25) is 0 Å².